The number of benzene rings is 1. The normalized spacial score (nSPS) is 16.8. The van der Waals surface area contributed by atoms with Crippen molar-refractivity contribution in [1.82, 2.24) is 19.8 Å². The van der Waals surface area contributed by atoms with E-state index in [4.69, 9.17) is 0 Å². The van der Waals surface area contributed by atoms with Gasteiger partial charge in [-0.25, -0.2) is 4.98 Å². The molecule has 5 heteroatoms. The summed E-state index contributed by atoms with van der Waals surface area (Å²) >= 11 is 0. The fourth-order valence-corrected chi connectivity index (χ4v) is 3.56. The Kier molecular flexibility index (Phi) is 6.83. The molecular formula is C21H30N4O. The molecule has 1 aliphatic rings. The Morgan fingerprint density at radius 1 is 1.23 bits per heavy atom. The molecule has 0 saturated carbocycles. The van der Waals surface area contributed by atoms with Crippen molar-refractivity contribution < 1.29 is 4.79 Å². The van der Waals surface area contributed by atoms with Crippen LogP contribution < -0.4 is 5.32 Å². The lowest BCUT2D eigenvalue weighted by Gasteiger charge is -2.20. The fraction of sp³-hybridized carbons (Fsp3) is 0.524. The van der Waals surface area contributed by atoms with Crippen LogP contribution in [0.4, 0.5) is 0 Å². The van der Waals surface area contributed by atoms with Crippen LogP contribution in [-0.4, -0.2) is 39.5 Å². The van der Waals surface area contributed by atoms with E-state index in [9.17, 15) is 4.79 Å². The van der Waals surface area contributed by atoms with Gasteiger partial charge < -0.3 is 9.88 Å². The number of carbonyl (C=O) groups is 1. The van der Waals surface area contributed by atoms with Crippen LogP contribution in [0.5, 0.6) is 0 Å². The molecule has 1 amide bonds. The maximum atomic E-state index is 12.7. The van der Waals surface area contributed by atoms with Gasteiger partial charge in [0.1, 0.15) is 0 Å². The Labute approximate surface area is 156 Å². The third-order valence-electron chi connectivity index (χ3n) is 5.11. The topological polar surface area (TPSA) is 50.2 Å². The van der Waals surface area contributed by atoms with Gasteiger partial charge in [0.15, 0.2) is 0 Å². The molecule has 2 heterocycles. The number of carbonyl (C=O) groups excluding carboxylic acids is 1. The molecule has 0 spiro atoms. The number of rotatable bonds is 7. The van der Waals surface area contributed by atoms with E-state index in [0.29, 0.717) is 0 Å². The van der Waals surface area contributed by atoms with Crippen molar-refractivity contribution in [2.75, 3.05) is 13.1 Å². The van der Waals surface area contributed by atoms with Gasteiger partial charge in [0.05, 0.1) is 6.33 Å². The molecule has 1 saturated heterocycles. The SMILES string of the molecule is CCC(Cn1ccnc1)NC(=O)c1cccc(CN2CCCCCC2)c1. The number of hydrogen-bond donors (Lipinski definition) is 1. The van der Waals surface area contributed by atoms with Crippen LogP contribution in [0.15, 0.2) is 43.0 Å². The van der Waals surface area contributed by atoms with Gasteiger partial charge in [0.2, 0.25) is 0 Å². The van der Waals surface area contributed by atoms with E-state index in [1.165, 1.54) is 44.3 Å². The fourth-order valence-electron chi connectivity index (χ4n) is 3.56. The molecule has 1 unspecified atom stereocenters. The number of hydrogen-bond acceptors (Lipinski definition) is 3. The minimum absolute atomic E-state index is 0.00896. The molecule has 1 aromatic carbocycles. The van der Waals surface area contributed by atoms with Crippen LogP contribution in [0, 0.1) is 0 Å². The standard InChI is InChI=1S/C21H30N4O/c1-2-20(16-25-13-10-22-17-25)23-21(26)19-9-7-8-18(14-19)15-24-11-5-3-4-6-12-24/h7-10,13-14,17,20H,2-6,11-12,15-16H2,1H3,(H,23,26). The first-order chi connectivity index (χ1) is 12.7. The maximum Gasteiger partial charge on any atom is 0.251 e. The van der Waals surface area contributed by atoms with E-state index in [1.807, 2.05) is 29.0 Å². The molecule has 1 atom stereocenters. The Hall–Kier alpha value is -2.14. The van der Waals surface area contributed by atoms with Crippen molar-refractivity contribution in [3.8, 4) is 0 Å². The second-order valence-electron chi connectivity index (χ2n) is 7.23. The first-order valence-corrected chi connectivity index (χ1v) is 9.82. The van der Waals surface area contributed by atoms with E-state index in [0.717, 1.165) is 25.1 Å². The first-order valence-electron chi connectivity index (χ1n) is 9.82. The summed E-state index contributed by atoms with van der Waals surface area (Å²) in [4.78, 5) is 19.3. The number of nitrogens with zero attached hydrogens (tertiary/aromatic N) is 3. The van der Waals surface area contributed by atoms with Crippen molar-refractivity contribution >= 4 is 5.91 Å². The van der Waals surface area contributed by atoms with Crippen LogP contribution >= 0.6 is 0 Å². The highest BCUT2D eigenvalue weighted by atomic mass is 16.1. The Morgan fingerprint density at radius 3 is 2.73 bits per heavy atom. The van der Waals surface area contributed by atoms with Gasteiger partial charge in [-0.1, -0.05) is 31.9 Å². The van der Waals surface area contributed by atoms with Crippen LogP contribution in [-0.2, 0) is 13.1 Å². The molecule has 3 rings (SSSR count). The Bertz CT molecular complexity index is 675. The Balaban J connectivity index is 1.59. The van der Waals surface area contributed by atoms with Gasteiger partial charge in [0, 0.05) is 37.1 Å². The van der Waals surface area contributed by atoms with E-state index >= 15 is 0 Å². The average Bonchev–Trinajstić information content (AvgIpc) is 3.04. The molecule has 1 aromatic heterocycles. The zero-order valence-electron chi connectivity index (χ0n) is 15.7. The van der Waals surface area contributed by atoms with Gasteiger partial charge in [-0.2, -0.15) is 0 Å². The number of imidazole rings is 1. The highest BCUT2D eigenvalue weighted by Crippen LogP contribution is 2.14. The van der Waals surface area contributed by atoms with E-state index < -0.39 is 0 Å². The smallest absolute Gasteiger partial charge is 0.251 e. The minimum Gasteiger partial charge on any atom is -0.348 e. The summed E-state index contributed by atoms with van der Waals surface area (Å²) in [6.07, 6.45) is 11.6. The van der Waals surface area contributed by atoms with Gasteiger partial charge in [-0.3, -0.25) is 9.69 Å². The predicted octanol–water partition coefficient (Wildman–Crippen LogP) is 3.47. The zero-order chi connectivity index (χ0) is 18.2. The average molecular weight is 354 g/mol. The van der Waals surface area contributed by atoms with Crippen molar-refractivity contribution in [2.45, 2.75) is 58.2 Å². The van der Waals surface area contributed by atoms with Gasteiger partial charge in [0.25, 0.3) is 5.91 Å². The third kappa shape index (κ3) is 5.43. The zero-order valence-corrected chi connectivity index (χ0v) is 15.7. The summed E-state index contributed by atoms with van der Waals surface area (Å²) in [5.41, 5.74) is 1.98. The summed E-state index contributed by atoms with van der Waals surface area (Å²) in [5.74, 6) is 0.00896. The summed E-state index contributed by atoms with van der Waals surface area (Å²) in [5, 5.41) is 3.16. The molecular weight excluding hydrogens is 324 g/mol. The highest BCUT2D eigenvalue weighted by Gasteiger charge is 2.14. The summed E-state index contributed by atoms with van der Waals surface area (Å²) in [6, 6.07) is 8.18. The van der Waals surface area contributed by atoms with Crippen molar-refractivity contribution in [3.63, 3.8) is 0 Å². The monoisotopic (exact) mass is 354 g/mol. The summed E-state index contributed by atoms with van der Waals surface area (Å²) < 4.78 is 2.00. The molecule has 140 valence electrons. The highest BCUT2D eigenvalue weighted by molar-refractivity contribution is 5.94. The number of likely N-dealkylation sites (tertiary alicyclic amines) is 1. The van der Waals surface area contributed by atoms with E-state index in [2.05, 4.69) is 28.2 Å². The second kappa shape index (κ2) is 9.53. The van der Waals surface area contributed by atoms with Gasteiger partial charge >= 0.3 is 0 Å². The molecule has 1 aliphatic heterocycles. The molecule has 5 nitrogen and oxygen atoms in total. The molecule has 26 heavy (non-hydrogen) atoms. The molecule has 0 aliphatic carbocycles. The largest absolute Gasteiger partial charge is 0.348 e. The van der Waals surface area contributed by atoms with Crippen molar-refractivity contribution in [3.05, 3.63) is 54.1 Å². The first kappa shape index (κ1) is 18.6. The van der Waals surface area contributed by atoms with Crippen molar-refractivity contribution in [2.24, 2.45) is 0 Å². The minimum atomic E-state index is 0.00896. The predicted molar refractivity (Wildman–Crippen MR) is 104 cm³/mol. The van der Waals surface area contributed by atoms with E-state index in [-0.39, 0.29) is 11.9 Å². The van der Waals surface area contributed by atoms with Crippen LogP contribution in [0.3, 0.4) is 0 Å². The summed E-state index contributed by atoms with van der Waals surface area (Å²) in [7, 11) is 0. The van der Waals surface area contributed by atoms with Crippen LogP contribution in [0.2, 0.25) is 0 Å². The lowest BCUT2D eigenvalue weighted by molar-refractivity contribution is 0.0931. The van der Waals surface area contributed by atoms with Crippen LogP contribution in [0.1, 0.15) is 54.9 Å². The Morgan fingerprint density at radius 2 is 2.04 bits per heavy atom. The lowest BCUT2D eigenvalue weighted by atomic mass is 10.1. The van der Waals surface area contributed by atoms with Gasteiger partial charge in [-0.05, 0) is 50.0 Å². The molecule has 2 aromatic rings. The van der Waals surface area contributed by atoms with Crippen LogP contribution in [0.25, 0.3) is 0 Å². The maximum absolute atomic E-state index is 12.7. The van der Waals surface area contributed by atoms with E-state index in [1.54, 1.807) is 12.5 Å². The lowest BCUT2D eigenvalue weighted by Crippen LogP contribution is -2.37. The molecule has 0 radical (unpaired) electrons. The van der Waals surface area contributed by atoms with Gasteiger partial charge in [-0.15, -0.1) is 0 Å². The summed E-state index contributed by atoms with van der Waals surface area (Å²) in [6.45, 7) is 6.11. The molecule has 1 N–H and O–H groups in total. The number of nitrogens with one attached hydrogen (secondary N) is 1. The molecule has 0 bridgehead atoms. The third-order valence-corrected chi connectivity index (χ3v) is 5.11. The molecule has 1 fully saturated rings. The van der Waals surface area contributed by atoms with Crippen molar-refractivity contribution in [1.29, 1.82) is 0 Å². The quantitative estimate of drug-likeness (QED) is 0.828. The number of amides is 1. The number of aromatic nitrogens is 2. The second-order valence-corrected chi connectivity index (χ2v) is 7.23.